The zero-order chi connectivity index (χ0) is 8.08. The van der Waals surface area contributed by atoms with E-state index < -0.39 is 17.9 Å². The Bertz CT molecular complexity index is 136. The van der Waals surface area contributed by atoms with Crippen LogP contribution in [0.5, 0.6) is 0 Å². The summed E-state index contributed by atoms with van der Waals surface area (Å²) in [6.45, 7) is 0. The fourth-order valence-electron chi connectivity index (χ4n) is 0. The van der Waals surface area contributed by atoms with Gasteiger partial charge in [0.05, 0.1) is 0 Å². The van der Waals surface area contributed by atoms with Crippen molar-refractivity contribution in [3.05, 3.63) is 0 Å². The summed E-state index contributed by atoms with van der Waals surface area (Å²) in [6, 6.07) is 0. The molecule has 0 saturated heterocycles. The predicted molar refractivity (Wildman–Crippen MR) is 16.9 cm³/mol. The van der Waals surface area contributed by atoms with Crippen molar-refractivity contribution in [2.24, 2.45) is 0 Å². The van der Waals surface area contributed by atoms with Gasteiger partial charge in [0.2, 0.25) is 0 Å². The summed E-state index contributed by atoms with van der Waals surface area (Å²) in [5.74, 6) is 0. The van der Waals surface area contributed by atoms with Crippen LogP contribution in [0.2, 0.25) is 0 Å². The molecule has 12 heteroatoms. The van der Waals surface area contributed by atoms with Gasteiger partial charge in [0.1, 0.15) is 0 Å². The van der Waals surface area contributed by atoms with E-state index in [4.69, 9.17) is 23.5 Å². The third-order valence-electron chi connectivity index (χ3n) is 0. The van der Waals surface area contributed by atoms with Gasteiger partial charge in [0.25, 0.3) is 0 Å². The molecule has 0 heterocycles. The minimum Gasteiger partial charge on any atom is -0.907 e. The van der Waals surface area contributed by atoms with Gasteiger partial charge in [-0.15, -0.1) is 0 Å². The van der Waals surface area contributed by atoms with Crippen molar-refractivity contribution in [2.45, 2.75) is 0 Å². The molecule has 0 radical (unpaired) electrons. The zero-order valence-electron chi connectivity index (χ0n) is 6.78. The first-order valence-electron chi connectivity index (χ1n) is 1.35. The van der Waals surface area contributed by atoms with Crippen molar-refractivity contribution < 1.29 is 87.8 Å². The van der Waals surface area contributed by atoms with Gasteiger partial charge in [-0.2, -0.15) is 8.42 Å². The molecule has 0 N–H and O–H groups in total. The van der Waals surface area contributed by atoms with Gasteiger partial charge in [-0.05, 0) is 0 Å². The van der Waals surface area contributed by atoms with E-state index >= 15 is 0 Å². The summed E-state index contributed by atoms with van der Waals surface area (Å²) in [4.78, 5) is 0. The van der Waals surface area contributed by atoms with E-state index in [1.807, 2.05) is 0 Å². The monoisotopic (exact) mass is 182 g/mol. The second kappa shape index (κ2) is 15.0. The van der Waals surface area contributed by atoms with E-state index in [0.29, 0.717) is 0 Å². The molecule has 56 valence electrons. The molecular formula is BF2Li3O5S. The second-order valence-corrected chi connectivity index (χ2v) is 1.42. The fourth-order valence-corrected chi connectivity index (χ4v) is 0. The molecule has 0 aliphatic heterocycles. The molecule has 0 rings (SSSR count). The van der Waals surface area contributed by atoms with E-state index in [1.54, 1.807) is 0 Å². The van der Waals surface area contributed by atoms with E-state index in [-0.39, 0.29) is 56.6 Å². The van der Waals surface area contributed by atoms with Gasteiger partial charge in [-0.3, -0.25) is 7.32 Å². The Kier molecular flexibility index (Phi) is 36.6. The van der Waals surface area contributed by atoms with Crippen LogP contribution >= 0.6 is 0 Å². The summed E-state index contributed by atoms with van der Waals surface area (Å²) < 4.78 is 36.6. The van der Waals surface area contributed by atoms with Crippen LogP contribution in [0.25, 0.3) is 0 Å². The minimum absolute atomic E-state index is 0. The molecule has 0 amide bonds. The summed E-state index contributed by atoms with van der Waals surface area (Å²) in [5, 5.41) is 25.2. The second-order valence-electron chi connectivity index (χ2n) is 0.667. The van der Waals surface area contributed by atoms with Crippen molar-refractivity contribution in [1.82, 2.24) is 0 Å². The van der Waals surface area contributed by atoms with Crippen LogP contribution in [0.15, 0.2) is 0 Å². The molecule has 0 aliphatic carbocycles. The third kappa shape index (κ3) is 537. The minimum atomic E-state index is -5.67. The van der Waals surface area contributed by atoms with Crippen LogP contribution in [-0.2, 0) is 10.6 Å². The van der Waals surface area contributed by atoms with Crippen LogP contribution < -0.4 is 71.7 Å². The Balaban J connectivity index is -0.0000000221. The Morgan fingerprint density at radius 1 is 0.917 bits per heavy atom. The van der Waals surface area contributed by atoms with Crippen molar-refractivity contribution in [2.75, 3.05) is 0 Å². The first-order chi connectivity index (χ1) is 3.73. The molecule has 0 spiro atoms. The van der Waals surface area contributed by atoms with Crippen LogP contribution in [0.3, 0.4) is 0 Å². The number of hydrogen-bond acceptors (Lipinski definition) is 5. The van der Waals surface area contributed by atoms with Gasteiger partial charge in [0, 0.05) is 0 Å². The number of rotatable bonds is 0. The summed E-state index contributed by atoms with van der Waals surface area (Å²) in [5.41, 5.74) is 0. The average Bonchev–Trinajstić information content (AvgIpc) is 1.19. The molecule has 0 aliphatic rings. The Morgan fingerprint density at radius 2 is 0.917 bits per heavy atom. The van der Waals surface area contributed by atoms with Gasteiger partial charge in [-0.25, -0.2) is 0 Å². The molecule has 0 unspecified atom stereocenters. The van der Waals surface area contributed by atoms with Gasteiger partial charge >= 0.3 is 67.2 Å². The van der Waals surface area contributed by atoms with Crippen molar-refractivity contribution in [3.8, 4) is 0 Å². The van der Waals surface area contributed by atoms with E-state index in [9.17, 15) is 7.77 Å². The summed E-state index contributed by atoms with van der Waals surface area (Å²) in [7, 11) is -8.58. The molecule has 0 saturated carbocycles. The van der Waals surface area contributed by atoms with Crippen LogP contribution in [0, 0.1) is 0 Å². The normalized spacial score (nSPS) is 7.08. The van der Waals surface area contributed by atoms with Crippen LogP contribution in [0.1, 0.15) is 0 Å². The third-order valence-corrected chi connectivity index (χ3v) is 0. The van der Waals surface area contributed by atoms with E-state index in [1.165, 1.54) is 0 Å². The number of halogens is 2. The van der Waals surface area contributed by atoms with E-state index in [0.717, 1.165) is 0 Å². The number of hydrogen-bond donors (Lipinski definition) is 0. The Hall–Kier alpha value is 1.55. The molecular weight excluding hydrogens is 182 g/mol. The quantitative estimate of drug-likeness (QED) is 0.273. The van der Waals surface area contributed by atoms with Crippen molar-refractivity contribution in [1.29, 1.82) is 0 Å². The standard InChI is InChI=1S/BO3.F2O2S.3Li/c2-1(3)4;1-5(2,3)4;;;/q-3;;3*+1. The van der Waals surface area contributed by atoms with Gasteiger partial charge < -0.3 is 15.1 Å². The molecule has 0 aromatic heterocycles. The molecule has 5 nitrogen and oxygen atoms in total. The van der Waals surface area contributed by atoms with E-state index in [2.05, 4.69) is 0 Å². The topological polar surface area (TPSA) is 103 Å². The average molecular weight is 182 g/mol. The molecule has 0 bridgehead atoms. The van der Waals surface area contributed by atoms with Crippen LogP contribution in [-0.4, -0.2) is 15.7 Å². The Morgan fingerprint density at radius 3 is 0.917 bits per heavy atom. The zero-order valence-corrected chi connectivity index (χ0v) is 7.60. The van der Waals surface area contributed by atoms with Gasteiger partial charge in [-0.1, -0.05) is 7.77 Å². The maximum atomic E-state index is 9.99. The fraction of sp³-hybridized carbons (Fsp3) is 0. The SMILES string of the molecule is O=S(=O)(F)F.[Li+].[Li+].[Li+].[O-]B([O-])[O-]. The first-order valence-corrected chi connectivity index (χ1v) is 2.63. The first kappa shape index (κ1) is 29.2. The Labute approximate surface area is 105 Å². The maximum Gasteiger partial charge on any atom is 1.00 e. The largest absolute Gasteiger partial charge is 1.00 e. The molecule has 0 aromatic carbocycles. The van der Waals surface area contributed by atoms with Crippen molar-refractivity contribution >= 4 is 17.9 Å². The summed E-state index contributed by atoms with van der Waals surface area (Å²) >= 11 is 0. The van der Waals surface area contributed by atoms with Crippen LogP contribution in [0.4, 0.5) is 7.77 Å². The molecule has 0 aromatic rings. The summed E-state index contributed by atoms with van der Waals surface area (Å²) in [6.07, 6.45) is 0. The molecule has 0 fully saturated rings. The smallest absolute Gasteiger partial charge is 0.907 e. The van der Waals surface area contributed by atoms with Gasteiger partial charge in [0.15, 0.2) is 0 Å². The maximum absolute atomic E-state index is 9.99. The molecule has 0 atom stereocenters. The van der Waals surface area contributed by atoms with Crippen molar-refractivity contribution in [3.63, 3.8) is 0 Å². The predicted octanol–water partition coefficient (Wildman–Crippen LogP) is -12.8. The molecule has 12 heavy (non-hydrogen) atoms.